The van der Waals surface area contributed by atoms with Gasteiger partial charge in [0.15, 0.2) is 0 Å². The lowest BCUT2D eigenvalue weighted by atomic mass is 9.85. The van der Waals surface area contributed by atoms with E-state index in [1.165, 1.54) is 27.7 Å². The van der Waals surface area contributed by atoms with E-state index in [-0.39, 0.29) is 24.2 Å². The molecule has 1 aromatic rings. The smallest absolute Gasteiger partial charge is 0.254 e. The van der Waals surface area contributed by atoms with Crippen molar-refractivity contribution < 1.29 is 43.2 Å². The van der Waals surface area contributed by atoms with Gasteiger partial charge in [-0.15, -0.1) is 9.24 Å². The van der Waals surface area contributed by atoms with Crippen LogP contribution in [0.25, 0.3) is 0 Å². The van der Waals surface area contributed by atoms with Crippen LogP contribution in [0.2, 0.25) is 0 Å². The lowest BCUT2D eigenvalue weighted by Gasteiger charge is -2.33. The zero-order valence-electron chi connectivity index (χ0n) is 49.0. The molecular formula is C56H99N10O9P. The third kappa shape index (κ3) is 26.3. The van der Waals surface area contributed by atoms with Gasteiger partial charge in [0.2, 0.25) is 47.3 Å². The van der Waals surface area contributed by atoms with Crippen molar-refractivity contribution in [3.8, 4) is 0 Å². The van der Waals surface area contributed by atoms with E-state index >= 15 is 0 Å². The molecule has 0 spiro atoms. The minimum atomic E-state index is -1.55. The number of rotatable bonds is 24. The second-order valence-corrected chi connectivity index (χ2v) is 24.6. The van der Waals surface area contributed by atoms with Crippen molar-refractivity contribution in [3.63, 3.8) is 0 Å². The number of carbonyl (C=O) groups is 9. The molecule has 19 nitrogen and oxygen atoms in total. The number of likely N-dealkylation sites (N-methyl/N-ethyl adjacent to an activating group) is 1. The summed E-state index contributed by atoms with van der Waals surface area (Å²) in [7, 11) is 4.32. The Bertz CT molecular complexity index is 2040. The Hall–Kier alpha value is -5.16. The van der Waals surface area contributed by atoms with Gasteiger partial charge in [0.05, 0.1) is 13.1 Å². The van der Waals surface area contributed by atoms with Crippen LogP contribution in [0, 0.1) is 29.6 Å². The molecule has 20 heteroatoms. The van der Waals surface area contributed by atoms with E-state index in [4.69, 9.17) is 0 Å². The van der Waals surface area contributed by atoms with Gasteiger partial charge in [0.1, 0.15) is 34.7 Å². The highest BCUT2D eigenvalue weighted by Crippen LogP contribution is 2.29. The number of hydrogen-bond acceptors (Lipinski definition) is 10. The van der Waals surface area contributed by atoms with Crippen molar-refractivity contribution in [2.45, 2.75) is 196 Å². The molecule has 5 atom stereocenters. The van der Waals surface area contributed by atoms with Crippen LogP contribution in [0.15, 0.2) is 24.3 Å². The summed E-state index contributed by atoms with van der Waals surface area (Å²) in [6.07, 6.45) is 7.12. The summed E-state index contributed by atoms with van der Waals surface area (Å²) < 4.78 is 0. The number of nitrogens with zero attached hydrogens (tertiary/aromatic N) is 1. The SMILES string of the molecule is CC(C)C.CC(C)C.CNCCNC(=O)C(C)(C)NC(=O)C(C)(C)NC(=O)[C@H](CC(C)C)NC(=O)CNC(=O)C(C)(C)NC(=O)CNC(=O)[C@H](CCC1CCCCC1)NC(=O)[C@@H]1CC(C)CN1C(=O)c1ccc(P)cc1. The first-order valence-corrected chi connectivity index (χ1v) is 28.0. The lowest BCUT2D eigenvalue weighted by molar-refractivity contribution is -0.138. The first kappa shape index (κ1) is 68.9. The van der Waals surface area contributed by atoms with E-state index in [1.807, 2.05) is 32.9 Å². The van der Waals surface area contributed by atoms with Gasteiger partial charge in [0.25, 0.3) is 5.91 Å². The molecule has 0 radical (unpaired) electrons. The van der Waals surface area contributed by atoms with Crippen molar-refractivity contribution in [2.24, 2.45) is 29.6 Å². The Balaban J connectivity index is 0.00000336. The van der Waals surface area contributed by atoms with Gasteiger partial charge in [-0.3, -0.25) is 43.2 Å². The summed E-state index contributed by atoms with van der Waals surface area (Å²) in [6.45, 7) is 27.8. The monoisotopic (exact) mass is 1090 g/mol. The van der Waals surface area contributed by atoms with Crippen LogP contribution in [-0.4, -0.2) is 133 Å². The van der Waals surface area contributed by atoms with E-state index in [2.05, 4.69) is 98.6 Å². The van der Waals surface area contributed by atoms with Gasteiger partial charge in [-0.05, 0) is 121 Å². The highest BCUT2D eigenvalue weighted by molar-refractivity contribution is 7.27. The van der Waals surface area contributed by atoms with Crippen molar-refractivity contribution in [1.82, 2.24) is 52.8 Å². The quantitative estimate of drug-likeness (QED) is 0.0531. The first-order valence-electron chi connectivity index (χ1n) is 27.4. The first-order chi connectivity index (χ1) is 35.2. The molecule has 9 amide bonds. The minimum absolute atomic E-state index is 0.0585. The Morgan fingerprint density at radius 3 is 1.71 bits per heavy atom. The molecule has 1 aromatic carbocycles. The Morgan fingerprint density at radius 2 is 1.16 bits per heavy atom. The second kappa shape index (κ2) is 33.2. The summed E-state index contributed by atoms with van der Waals surface area (Å²) in [5, 5.41) is 25.1. The Kier molecular flexibility index (Phi) is 30.1. The van der Waals surface area contributed by atoms with Crippen molar-refractivity contribution in [1.29, 1.82) is 0 Å². The van der Waals surface area contributed by atoms with Gasteiger partial charge in [-0.1, -0.05) is 107 Å². The molecule has 432 valence electrons. The molecule has 0 aromatic heterocycles. The number of amides is 9. The number of nitrogens with one attached hydrogen (secondary N) is 9. The van der Waals surface area contributed by atoms with Crippen molar-refractivity contribution in [3.05, 3.63) is 29.8 Å². The normalized spacial score (nSPS) is 16.7. The van der Waals surface area contributed by atoms with Crippen LogP contribution in [0.5, 0.6) is 0 Å². The standard InChI is InChI=1S/C48H79N10O9P.2C4H10/c1-29(2)24-35(40(62)56-48(8,9)45(67)57-47(6,7)43(65)50-23-22-49-10)53-37(59)26-52-44(66)46(4,5)55-38(60)27-51-39(61)34(21-16-31-14-12-11-13-15-31)54-41(63)36-25-30(3)28-58(36)42(64)32-17-19-33(68)20-18-32;2*1-4(2)3/h17-20,29-31,34-36,49H,11-16,21-28,68H2,1-10H3,(H,50,65)(H,51,61)(H,52,66)(H,53,59)(H,54,63)(H,55,60)(H,56,62)(H,57,67);2*4H,1-3H3/t30?,34-,35-,36-;;/m0../s1. The summed E-state index contributed by atoms with van der Waals surface area (Å²) in [6, 6.07) is 4.22. The Labute approximate surface area is 457 Å². The highest BCUT2D eigenvalue weighted by Gasteiger charge is 2.41. The van der Waals surface area contributed by atoms with Crippen LogP contribution in [0.1, 0.15) is 172 Å². The third-order valence-corrected chi connectivity index (χ3v) is 12.7. The highest BCUT2D eigenvalue weighted by atomic mass is 31.0. The molecule has 1 saturated heterocycles. The molecule has 1 aliphatic heterocycles. The van der Waals surface area contributed by atoms with E-state index in [0.29, 0.717) is 50.4 Å². The zero-order valence-corrected chi connectivity index (χ0v) is 50.2. The molecule has 2 unspecified atom stereocenters. The van der Waals surface area contributed by atoms with Gasteiger partial charge in [-0.2, -0.15) is 0 Å². The third-order valence-electron chi connectivity index (χ3n) is 12.3. The van der Waals surface area contributed by atoms with Crippen LogP contribution in [-0.2, 0) is 38.4 Å². The molecule has 9 N–H and O–H groups in total. The van der Waals surface area contributed by atoms with Gasteiger partial charge < -0.3 is 52.8 Å². The summed E-state index contributed by atoms with van der Waals surface area (Å²) in [5.41, 5.74) is -3.87. The largest absolute Gasteiger partial charge is 0.353 e. The van der Waals surface area contributed by atoms with Crippen molar-refractivity contribution >= 4 is 67.7 Å². The number of carbonyl (C=O) groups excluding carboxylic acids is 9. The van der Waals surface area contributed by atoms with E-state index < -0.39 is 95.1 Å². The Morgan fingerprint density at radius 1 is 0.632 bits per heavy atom. The number of benzene rings is 1. The van der Waals surface area contributed by atoms with E-state index in [0.717, 1.165) is 49.2 Å². The zero-order chi connectivity index (χ0) is 58.1. The molecule has 76 heavy (non-hydrogen) atoms. The second-order valence-electron chi connectivity index (χ2n) is 23.9. The average Bonchev–Trinajstić information content (AvgIpc) is 3.71. The molecule has 0 bridgehead atoms. The van der Waals surface area contributed by atoms with Gasteiger partial charge in [0, 0.05) is 25.2 Å². The molecule has 3 rings (SSSR count). The maximum Gasteiger partial charge on any atom is 0.254 e. The van der Waals surface area contributed by atoms with E-state index in [9.17, 15) is 43.2 Å². The fraction of sp³-hybridized carbons (Fsp3) is 0.732. The summed E-state index contributed by atoms with van der Waals surface area (Å²) in [4.78, 5) is 122. The molecule has 1 saturated carbocycles. The predicted octanol–water partition coefficient (Wildman–Crippen LogP) is 3.99. The number of hydrogen-bond donors (Lipinski definition) is 9. The van der Waals surface area contributed by atoms with Gasteiger partial charge >= 0.3 is 0 Å². The molecule has 1 aliphatic carbocycles. The van der Waals surface area contributed by atoms with E-state index in [1.54, 1.807) is 37.9 Å². The average molecular weight is 1090 g/mol. The topological polar surface area (TPSA) is 265 Å². The summed E-state index contributed by atoms with van der Waals surface area (Å²) >= 11 is 0. The molecule has 2 aliphatic rings. The molecule has 2 fully saturated rings. The van der Waals surface area contributed by atoms with Gasteiger partial charge in [-0.25, -0.2) is 0 Å². The molecule has 1 heterocycles. The van der Waals surface area contributed by atoms with Crippen LogP contribution in [0.3, 0.4) is 0 Å². The number of likely N-dealkylation sites (tertiary alicyclic amines) is 1. The van der Waals surface area contributed by atoms with Crippen molar-refractivity contribution in [2.75, 3.05) is 39.8 Å². The maximum atomic E-state index is 13.9. The predicted molar refractivity (Wildman–Crippen MR) is 304 cm³/mol. The maximum absolute atomic E-state index is 13.9. The fourth-order valence-electron chi connectivity index (χ4n) is 8.27. The lowest BCUT2D eigenvalue weighted by Crippen LogP contribution is -2.64. The van der Waals surface area contributed by atoms with Crippen LogP contribution in [0.4, 0.5) is 0 Å². The molecular weight excluding hydrogens is 988 g/mol. The summed E-state index contributed by atoms with van der Waals surface area (Å²) in [5.74, 6) is -3.01. The van der Waals surface area contributed by atoms with Crippen LogP contribution >= 0.6 is 9.24 Å². The van der Waals surface area contributed by atoms with Crippen LogP contribution < -0.4 is 53.2 Å². The fourth-order valence-corrected chi connectivity index (χ4v) is 8.46. The minimum Gasteiger partial charge on any atom is -0.353 e.